The number of para-hydroxylation sites is 1. The van der Waals surface area contributed by atoms with Gasteiger partial charge in [-0.05, 0) is 24.3 Å². The van der Waals surface area contributed by atoms with Gasteiger partial charge >= 0.3 is 0 Å². The number of anilines is 1. The molecule has 0 aromatic heterocycles. The van der Waals surface area contributed by atoms with Crippen LogP contribution in [0.3, 0.4) is 0 Å². The van der Waals surface area contributed by atoms with Gasteiger partial charge in [0.05, 0.1) is 7.11 Å². The van der Waals surface area contributed by atoms with Crippen LogP contribution in [0.5, 0.6) is 5.75 Å². The number of hydrogen-bond donors (Lipinski definition) is 2. The lowest BCUT2D eigenvalue weighted by atomic mass is 9.99. The molecular formula is C14H13ClFNO2. The van der Waals surface area contributed by atoms with Crippen LogP contribution in [0.25, 0.3) is 0 Å². The van der Waals surface area contributed by atoms with Crippen molar-refractivity contribution in [2.24, 2.45) is 0 Å². The zero-order chi connectivity index (χ0) is 14.0. The number of ether oxygens (including phenoxy) is 1. The molecule has 0 fully saturated rings. The van der Waals surface area contributed by atoms with E-state index in [1.165, 1.54) is 19.2 Å². The lowest BCUT2D eigenvalue weighted by molar-refractivity contribution is 0.214. The Kier molecular flexibility index (Phi) is 3.93. The van der Waals surface area contributed by atoms with E-state index >= 15 is 0 Å². The van der Waals surface area contributed by atoms with E-state index in [0.29, 0.717) is 21.8 Å². The van der Waals surface area contributed by atoms with Gasteiger partial charge in [0.25, 0.3) is 0 Å². The number of aliphatic hydroxyl groups is 1. The Labute approximate surface area is 115 Å². The highest BCUT2D eigenvalue weighted by atomic mass is 35.5. The van der Waals surface area contributed by atoms with Crippen LogP contribution in [0.4, 0.5) is 10.1 Å². The summed E-state index contributed by atoms with van der Waals surface area (Å²) in [5.41, 5.74) is 6.90. The molecule has 1 unspecified atom stereocenters. The van der Waals surface area contributed by atoms with Crippen LogP contribution in [0.2, 0.25) is 5.02 Å². The van der Waals surface area contributed by atoms with Gasteiger partial charge in [-0.25, -0.2) is 4.39 Å². The SMILES string of the molecule is COc1c(F)cccc1C(O)c1cc(Cl)ccc1N. The largest absolute Gasteiger partial charge is 0.493 e. The molecular weight excluding hydrogens is 269 g/mol. The first-order valence-electron chi connectivity index (χ1n) is 5.60. The second-order valence-corrected chi connectivity index (χ2v) is 4.47. The summed E-state index contributed by atoms with van der Waals surface area (Å²) < 4.78 is 18.6. The Balaban J connectivity index is 2.52. The van der Waals surface area contributed by atoms with Crippen LogP contribution in [0.15, 0.2) is 36.4 Å². The van der Waals surface area contributed by atoms with Crippen LogP contribution in [-0.2, 0) is 0 Å². The zero-order valence-corrected chi connectivity index (χ0v) is 11.0. The summed E-state index contributed by atoms with van der Waals surface area (Å²) in [6.07, 6.45) is -1.11. The lowest BCUT2D eigenvalue weighted by Gasteiger charge is -2.17. The first kappa shape index (κ1) is 13.6. The van der Waals surface area contributed by atoms with Crippen molar-refractivity contribution < 1.29 is 14.2 Å². The van der Waals surface area contributed by atoms with Gasteiger partial charge in [0.2, 0.25) is 0 Å². The topological polar surface area (TPSA) is 55.5 Å². The van der Waals surface area contributed by atoms with Crippen LogP contribution in [-0.4, -0.2) is 12.2 Å². The Bertz CT molecular complexity index is 604. The van der Waals surface area contributed by atoms with Gasteiger partial charge in [0.1, 0.15) is 6.10 Å². The Morgan fingerprint density at radius 2 is 2.00 bits per heavy atom. The van der Waals surface area contributed by atoms with Crippen molar-refractivity contribution in [2.45, 2.75) is 6.10 Å². The summed E-state index contributed by atoms with van der Waals surface area (Å²) in [5, 5.41) is 10.8. The highest BCUT2D eigenvalue weighted by molar-refractivity contribution is 6.30. The molecule has 0 bridgehead atoms. The molecule has 1 atom stereocenters. The maximum absolute atomic E-state index is 13.6. The third-order valence-electron chi connectivity index (χ3n) is 2.84. The van der Waals surface area contributed by atoms with Gasteiger partial charge in [-0.2, -0.15) is 0 Å². The molecule has 0 amide bonds. The summed E-state index contributed by atoms with van der Waals surface area (Å²) in [4.78, 5) is 0. The standard InChI is InChI=1S/C14H13ClFNO2/c1-19-14-9(3-2-4-11(14)16)13(18)10-7-8(15)5-6-12(10)17/h2-7,13,18H,17H2,1H3. The van der Waals surface area contributed by atoms with Crippen LogP contribution < -0.4 is 10.5 Å². The molecule has 0 saturated heterocycles. The number of halogens is 2. The Morgan fingerprint density at radius 1 is 1.26 bits per heavy atom. The monoisotopic (exact) mass is 281 g/mol. The number of methoxy groups -OCH3 is 1. The van der Waals surface area contributed by atoms with Crippen molar-refractivity contribution >= 4 is 17.3 Å². The predicted molar refractivity (Wildman–Crippen MR) is 72.9 cm³/mol. The smallest absolute Gasteiger partial charge is 0.165 e. The number of nitrogen functional groups attached to an aromatic ring is 1. The average Bonchev–Trinajstić information content (AvgIpc) is 2.40. The summed E-state index contributed by atoms with van der Waals surface area (Å²) >= 11 is 5.88. The minimum atomic E-state index is -1.11. The van der Waals surface area contributed by atoms with E-state index in [9.17, 15) is 9.50 Å². The van der Waals surface area contributed by atoms with Gasteiger partial charge < -0.3 is 15.6 Å². The molecule has 0 radical (unpaired) electrons. The normalized spacial score (nSPS) is 12.2. The third kappa shape index (κ3) is 2.64. The highest BCUT2D eigenvalue weighted by Gasteiger charge is 2.20. The Hall–Kier alpha value is -1.78. The van der Waals surface area contributed by atoms with Crippen molar-refractivity contribution in [3.05, 3.63) is 58.4 Å². The maximum atomic E-state index is 13.6. The molecule has 0 heterocycles. The van der Waals surface area contributed by atoms with E-state index in [2.05, 4.69) is 0 Å². The van der Waals surface area contributed by atoms with E-state index in [1.807, 2.05) is 0 Å². The molecule has 2 aromatic rings. The van der Waals surface area contributed by atoms with Crippen molar-refractivity contribution in [3.8, 4) is 5.75 Å². The van der Waals surface area contributed by atoms with Gasteiger partial charge in [-0.15, -0.1) is 0 Å². The van der Waals surface area contributed by atoms with Gasteiger partial charge in [0.15, 0.2) is 11.6 Å². The first-order chi connectivity index (χ1) is 9.04. The highest BCUT2D eigenvalue weighted by Crippen LogP contribution is 2.35. The fourth-order valence-corrected chi connectivity index (χ4v) is 2.09. The second kappa shape index (κ2) is 5.47. The summed E-state index contributed by atoms with van der Waals surface area (Å²) in [6.45, 7) is 0. The molecule has 2 aromatic carbocycles. The minimum absolute atomic E-state index is 0.00521. The van der Waals surface area contributed by atoms with Crippen LogP contribution in [0.1, 0.15) is 17.2 Å². The average molecular weight is 282 g/mol. The molecule has 0 aliphatic carbocycles. The molecule has 0 spiro atoms. The molecule has 100 valence electrons. The van der Waals surface area contributed by atoms with Crippen molar-refractivity contribution in [3.63, 3.8) is 0 Å². The van der Waals surface area contributed by atoms with E-state index in [1.54, 1.807) is 24.3 Å². The summed E-state index contributed by atoms with van der Waals surface area (Å²) in [7, 11) is 1.34. The molecule has 0 aliphatic heterocycles. The fraction of sp³-hybridized carbons (Fsp3) is 0.143. The number of aliphatic hydroxyl groups excluding tert-OH is 1. The summed E-state index contributed by atoms with van der Waals surface area (Å²) in [6, 6.07) is 9.09. The van der Waals surface area contributed by atoms with Crippen molar-refractivity contribution in [2.75, 3.05) is 12.8 Å². The van der Waals surface area contributed by atoms with E-state index in [-0.39, 0.29) is 5.75 Å². The Morgan fingerprint density at radius 3 is 2.68 bits per heavy atom. The molecule has 0 saturated carbocycles. The molecule has 5 heteroatoms. The second-order valence-electron chi connectivity index (χ2n) is 4.04. The molecule has 3 N–H and O–H groups in total. The predicted octanol–water partition coefficient (Wildman–Crippen LogP) is 3.15. The van der Waals surface area contributed by atoms with Gasteiger partial charge in [-0.3, -0.25) is 0 Å². The first-order valence-corrected chi connectivity index (χ1v) is 5.97. The van der Waals surface area contributed by atoms with E-state index in [0.717, 1.165) is 0 Å². The molecule has 2 rings (SSSR count). The van der Waals surface area contributed by atoms with Crippen LogP contribution >= 0.6 is 11.6 Å². The van der Waals surface area contributed by atoms with Crippen molar-refractivity contribution in [1.82, 2.24) is 0 Å². The molecule has 0 aliphatic rings. The third-order valence-corrected chi connectivity index (χ3v) is 3.07. The van der Waals surface area contributed by atoms with E-state index in [4.69, 9.17) is 22.1 Å². The lowest BCUT2D eigenvalue weighted by Crippen LogP contribution is -2.06. The maximum Gasteiger partial charge on any atom is 0.165 e. The fourth-order valence-electron chi connectivity index (χ4n) is 1.91. The van der Waals surface area contributed by atoms with E-state index < -0.39 is 11.9 Å². The van der Waals surface area contributed by atoms with Gasteiger partial charge in [0, 0.05) is 21.8 Å². The minimum Gasteiger partial charge on any atom is -0.493 e. The van der Waals surface area contributed by atoms with Gasteiger partial charge in [-0.1, -0.05) is 23.7 Å². The number of nitrogens with two attached hydrogens (primary N) is 1. The number of rotatable bonds is 3. The summed E-state index contributed by atoms with van der Waals surface area (Å²) in [5.74, 6) is -0.547. The number of hydrogen-bond acceptors (Lipinski definition) is 3. The van der Waals surface area contributed by atoms with Crippen molar-refractivity contribution in [1.29, 1.82) is 0 Å². The molecule has 19 heavy (non-hydrogen) atoms. The zero-order valence-electron chi connectivity index (χ0n) is 10.2. The van der Waals surface area contributed by atoms with Crippen LogP contribution in [0, 0.1) is 5.82 Å². The quantitative estimate of drug-likeness (QED) is 0.850. The molecule has 3 nitrogen and oxygen atoms in total. The number of benzene rings is 2.